The first-order valence-electron chi connectivity index (χ1n) is 6.86. The van der Waals surface area contributed by atoms with Gasteiger partial charge in [0, 0.05) is 13.1 Å². The number of hydrogen-bond acceptors (Lipinski definition) is 4. The minimum Gasteiger partial charge on any atom is -0.353 e. The normalized spacial score (nSPS) is 28.0. The van der Waals surface area contributed by atoms with Crippen LogP contribution in [0.3, 0.4) is 0 Å². The van der Waals surface area contributed by atoms with Crippen molar-refractivity contribution >= 4 is 5.82 Å². The average Bonchev–Trinajstić information content (AvgIpc) is 2.65. The highest BCUT2D eigenvalue weighted by atomic mass is 19.4. The molecule has 0 bridgehead atoms. The lowest BCUT2D eigenvalue weighted by atomic mass is 9.61. The summed E-state index contributed by atoms with van der Waals surface area (Å²) in [5.41, 5.74) is 0.0205. The van der Waals surface area contributed by atoms with Crippen molar-refractivity contribution in [2.45, 2.75) is 32.9 Å². The third-order valence-electron chi connectivity index (χ3n) is 5.05. The SMILES string of the molecule is Cc1nnc(N2C[C@@H]3CC[C@]3(C(F)(F)F)C2)c(C#N)c1C. The Morgan fingerprint density at radius 2 is 2.05 bits per heavy atom. The van der Waals surface area contributed by atoms with E-state index in [0.29, 0.717) is 35.6 Å². The van der Waals surface area contributed by atoms with Crippen LogP contribution in [0.15, 0.2) is 0 Å². The average molecular weight is 296 g/mol. The second-order valence-corrected chi connectivity index (χ2v) is 5.99. The number of hydrogen-bond donors (Lipinski definition) is 0. The molecular formula is C14H15F3N4. The predicted molar refractivity (Wildman–Crippen MR) is 69.6 cm³/mol. The number of anilines is 1. The van der Waals surface area contributed by atoms with E-state index in [1.54, 1.807) is 18.7 Å². The van der Waals surface area contributed by atoms with Crippen molar-refractivity contribution in [1.82, 2.24) is 10.2 Å². The summed E-state index contributed by atoms with van der Waals surface area (Å²) in [6, 6.07) is 2.06. The van der Waals surface area contributed by atoms with Crippen molar-refractivity contribution in [2.75, 3.05) is 18.0 Å². The molecule has 0 amide bonds. The predicted octanol–water partition coefficient (Wildman–Crippen LogP) is 2.74. The lowest BCUT2D eigenvalue weighted by molar-refractivity contribution is -0.258. The number of aryl methyl sites for hydroxylation is 1. The maximum atomic E-state index is 13.3. The molecule has 2 fully saturated rings. The molecule has 2 aliphatic rings. The van der Waals surface area contributed by atoms with E-state index in [1.165, 1.54) is 0 Å². The lowest BCUT2D eigenvalue weighted by Crippen LogP contribution is -2.51. The van der Waals surface area contributed by atoms with Gasteiger partial charge in [0.15, 0.2) is 5.82 Å². The van der Waals surface area contributed by atoms with Crippen molar-refractivity contribution in [1.29, 1.82) is 5.26 Å². The van der Waals surface area contributed by atoms with Crippen molar-refractivity contribution in [3.63, 3.8) is 0 Å². The van der Waals surface area contributed by atoms with Crippen LogP contribution < -0.4 is 4.90 Å². The number of nitrogens with zero attached hydrogens (tertiary/aromatic N) is 4. The van der Waals surface area contributed by atoms with E-state index in [0.717, 1.165) is 0 Å². The number of alkyl halides is 3. The van der Waals surface area contributed by atoms with Crippen molar-refractivity contribution in [3.8, 4) is 6.07 Å². The summed E-state index contributed by atoms with van der Waals surface area (Å²) in [7, 11) is 0. The Balaban J connectivity index is 1.98. The van der Waals surface area contributed by atoms with Gasteiger partial charge in [0.2, 0.25) is 0 Å². The maximum absolute atomic E-state index is 13.3. The van der Waals surface area contributed by atoms with Crippen LogP contribution in [-0.4, -0.2) is 29.5 Å². The molecule has 2 heterocycles. The molecule has 1 saturated carbocycles. The molecule has 0 unspecified atom stereocenters. The number of fused-ring (bicyclic) bond motifs is 1. The molecule has 21 heavy (non-hydrogen) atoms. The van der Waals surface area contributed by atoms with Gasteiger partial charge < -0.3 is 4.90 Å². The lowest BCUT2D eigenvalue weighted by Gasteiger charge is -2.44. The van der Waals surface area contributed by atoms with Crippen LogP contribution in [0.1, 0.15) is 29.7 Å². The molecule has 1 aliphatic heterocycles. The third-order valence-corrected chi connectivity index (χ3v) is 5.05. The molecule has 3 rings (SSSR count). The highest BCUT2D eigenvalue weighted by Gasteiger charge is 2.67. The van der Waals surface area contributed by atoms with E-state index < -0.39 is 17.5 Å². The van der Waals surface area contributed by atoms with Gasteiger partial charge in [0.05, 0.1) is 11.1 Å². The number of nitriles is 1. The fourth-order valence-corrected chi connectivity index (χ4v) is 3.42. The molecule has 1 aliphatic carbocycles. The zero-order valence-corrected chi connectivity index (χ0v) is 11.8. The summed E-state index contributed by atoms with van der Waals surface area (Å²) < 4.78 is 40.0. The van der Waals surface area contributed by atoms with E-state index in [2.05, 4.69) is 16.3 Å². The minimum atomic E-state index is -4.20. The Bertz CT molecular complexity index is 634. The van der Waals surface area contributed by atoms with E-state index in [-0.39, 0.29) is 13.0 Å². The van der Waals surface area contributed by atoms with Gasteiger partial charge in [-0.2, -0.15) is 23.5 Å². The van der Waals surface area contributed by atoms with Crippen molar-refractivity contribution in [3.05, 3.63) is 16.8 Å². The van der Waals surface area contributed by atoms with Gasteiger partial charge in [-0.3, -0.25) is 0 Å². The molecule has 0 spiro atoms. The zero-order chi connectivity index (χ0) is 15.4. The monoisotopic (exact) mass is 296 g/mol. The second kappa shape index (κ2) is 4.33. The summed E-state index contributed by atoms with van der Waals surface area (Å²) in [4.78, 5) is 1.59. The van der Waals surface area contributed by atoms with Crippen LogP contribution in [0.2, 0.25) is 0 Å². The maximum Gasteiger partial charge on any atom is 0.396 e. The molecule has 2 atom stereocenters. The van der Waals surface area contributed by atoms with Crippen molar-refractivity contribution in [2.24, 2.45) is 11.3 Å². The molecule has 7 heteroatoms. The highest BCUT2D eigenvalue weighted by Crippen LogP contribution is 2.61. The summed E-state index contributed by atoms with van der Waals surface area (Å²) in [5.74, 6) is -0.105. The Labute approximate surface area is 120 Å². The molecule has 4 nitrogen and oxygen atoms in total. The van der Waals surface area contributed by atoms with E-state index in [9.17, 15) is 18.4 Å². The summed E-state index contributed by atoms with van der Waals surface area (Å²) in [6.07, 6.45) is -3.46. The highest BCUT2D eigenvalue weighted by molar-refractivity contribution is 5.58. The summed E-state index contributed by atoms with van der Waals surface area (Å²) >= 11 is 0. The Morgan fingerprint density at radius 1 is 1.33 bits per heavy atom. The quantitative estimate of drug-likeness (QED) is 0.799. The fourth-order valence-electron chi connectivity index (χ4n) is 3.42. The first kappa shape index (κ1) is 14.1. The van der Waals surface area contributed by atoms with Gasteiger partial charge in [0.25, 0.3) is 0 Å². The van der Waals surface area contributed by atoms with E-state index >= 15 is 0 Å². The molecular weight excluding hydrogens is 281 g/mol. The number of halogens is 3. The number of aromatic nitrogens is 2. The first-order chi connectivity index (χ1) is 9.80. The van der Waals surface area contributed by atoms with Gasteiger partial charge in [-0.1, -0.05) is 0 Å². The Morgan fingerprint density at radius 3 is 2.52 bits per heavy atom. The minimum absolute atomic E-state index is 0.118. The molecule has 1 aromatic heterocycles. The first-order valence-corrected chi connectivity index (χ1v) is 6.86. The van der Waals surface area contributed by atoms with E-state index in [1.807, 2.05) is 0 Å². The molecule has 0 aromatic carbocycles. The zero-order valence-electron chi connectivity index (χ0n) is 11.8. The van der Waals surface area contributed by atoms with Crippen LogP contribution >= 0.6 is 0 Å². The van der Waals surface area contributed by atoms with E-state index in [4.69, 9.17) is 0 Å². The van der Waals surface area contributed by atoms with Crippen LogP contribution in [0, 0.1) is 36.5 Å². The smallest absolute Gasteiger partial charge is 0.353 e. The van der Waals surface area contributed by atoms with Gasteiger partial charge in [0.1, 0.15) is 11.6 Å². The number of rotatable bonds is 1. The standard InChI is InChI=1S/C14H15F3N4/c1-8-9(2)19-20-12(11(8)5-18)21-6-10-3-4-13(10,7-21)14(15,16)17/h10H,3-4,6-7H2,1-2H3/t10-,13-/m0/s1. The molecule has 1 saturated heterocycles. The third kappa shape index (κ3) is 1.81. The van der Waals surface area contributed by atoms with Gasteiger partial charge in [-0.15, -0.1) is 5.10 Å². The summed E-state index contributed by atoms with van der Waals surface area (Å²) in [5, 5.41) is 17.2. The van der Waals surface area contributed by atoms with Crippen LogP contribution in [0.4, 0.5) is 19.0 Å². The molecule has 112 valence electrons. The second-order valence-electron chi connectivity index (χ2n) is 5.99. The fraction of sp³-hybridized carbons (Fsp3) is 0.643. The molecule has 0 radical (unpaired) electrons. The largest absolute Gasteiger partial charge is 0.396 e. The van der Waals surface area contributed by atoms with Gasteiger partial charge in [-0.05, 0) is 38.2 Å². The topological polar surface area (TPSA) is 52.8 Å². The van der Waals surface area contributed by atoms with Gasteiger partial charge >= 0.3 is 6.18 Å². The Kier molecular flexibility index (Phi) is 2.91. The molecule has 1 aromatic rings. The summed E-state index contributed by atoms with van der Waals surface area (Å²) in [6.45, 7) is 3.66. The molecule has 0 N–H and O–H groups in total. The van der Waals surface area contributed by atoms with Crippen LogP contribution in [0.25, 0.3) is 0 Å². The van der Waals surface area contributed by atoms with Crippen molar-refractivity contribution < 1.29 is 13.2 Å². The Hall–Kier alpha value is -1.84. The van der Waals surface area contributed by atoms with Crippen LogP contribution in [-0.2, 0) is 0 Å². The van der Waals surface area contributed by atoms with Crippen LogP contribution in [0.5, 0.6) is 0 Å². The van der Waals surface area contributed by atoms with Gasteiger partial charge in [-0.25, -0.2) is 0 Å².